The lowest BCUT2D eigenvalue weighted by Gasteiger charge is -2.36. The molecule has 2 fully saturated rings. The average Bonchev–Trinajstić information content (AvgIpc) is 3.64. The van der Waals surface area contributed by atoms with Crippen LogP contribution in [0.15, 0.2) is 29.1 Å². The van der Waals surface area contributed by atoms with E-state index in [1.807, 2.05) is 36.1 Å². The van der Waals surface area contributed by atoms with E-state index in [4.69, 9.17) is 4.98 Å². The van der Waals surface area contributed by atoms with Gasteiger partial charge in [0.2, 0.25) is 5.91 Å². The van der Waals surface area contributed by atoms with E-state index >= 15 is 0 Å². The Hall–Kier alpha value is -2.96. The first-order chi connectivity index (χ1) is 15.0. The number of nitrogens with one attached hydrogen (secondary N) is 1. The highest BCUT2D eigenvalue weighted by atomic mass is 16.2. The molecule has 0 spiro atoms. The fraction of sp³-hybridized carbons (Fsp3) is 0.500. The second-order valence-corrected chi connectivity index (χ2v) is 8.99. The van der Waals surface area contributed by atoms with Crippen LogP contribution in [0.25, 0.3) is 0 Å². The summed E-state index contributed by atoms with van der Waals surface area (Å²) in [5.74, 6) is 0.879. The molecule has 1 aliphatic carbocycles. The van der Waals surface area contributed by atoms with Crippen LogP contribution in [-0.4, -0.2) is 44.7 Å². The van der Waals surface area contributed by atoms with Crippen molar-refractivity contribution >= 4 is 11.8 Å². The molecule has 1 saturated heterocycles. The van der Waals surface area contributed by atoms with Crippen molar-refractivity contribution in [3.8, 4) is 0 Å². The van der Waals surface area contributed by atoms with Crippen LogP contribution < -0.4 is 5.56 Å². The number of H-pyrrole nitrogens is 1. The molecular weight excluding hydrogens is 392 g/mol. The van der Waals surface area contributed by atoms with Crippen LogP contribution in [0.4, 0.5) is 0 Å². The van der Waals surface area contributed by atoms with Gasteiger partial charge < -0.3 is 14.8 Å². The van der Waals surface area contributed by atoms with Gasteiger partial charge in [-0.05, 0) is 50.7 Å². The minimum absolute atomic E-state index is 0.00984. The summed E-state index contributed by atoms with van der Waals surface area (Å²) < 4.78 is 0. The maximum atomic E-state index is 13.3. The van der Waals surface area contributed by atoms with E-state index < -0.39 is 0 Å². The van der Waals surface area contributed by atoms with Crippen molar-refractivity contribution in [2.45, 2.75) is 58.0 Å². The lowest BCUT2D eigenvalue weighted by Crippen LogP contribution is -2.43. The molecule has 1 atom stereocenters. The molecule has 2 amide bonds. The van der Waals surface area contributed by atoms with Crippen LogP contribution in [0.1, 0.15) is 71.1 Å². The second-order valence-electron chi connectivity index (χ2n) is 8.99. The molecular formula is C24H28N4O3. The Morgan fingerprint density at radius 1 is 1.10 bits per heavy atom. The van der Waals surface area contributed by atoms with Gasteiger partial charge in [-0.25, -0.2) is 4.98 Å². The largest absolute Gasteiger partial charge is 0.337 e. The van der Waals surface area contributed by atoms with Crippen LogP contribution >= 0.6 is 0 Å². The molecule has 3 aliphatic rings. The summed E-state index contributed by atoms with van der Waals surface area (Å²) in [6.07, 6.45) is 5.23. The van der Waals surface area contributed by atoms with E-state index in [0.717, 1.165) is 43.4 Å². The Kier molecular flexibility index (Phi) is 5.12. The second kappa shape index (κ2) is 7.94. The molecule has 31 heavy (non-hydrogen) atoms. The molecule has 5 rings (SSSR count). The van der Waals surface area contributed by atoms with E-state index in [0.29, 0.717) is 43.0 Å². The van der Waals surface area contributed by atoms with E-state index in [1.165, 1.54) is 0 Å². The van der Waals surface area contributed by atoms with Crippen molar-refractivity contribution in [3.05, 3.63) is 62.8 Å². The Bertz CT molecular complexity index is 1090. The molecule has 2 aliphatic heterocycles. The molecule has 1 N–H and O–H groups in total. The Morgan fingerprint density at radius 3 is 2.68 bits per heavy atom. The molecule has 1 aromatic heterocycles. The smallest absolute Gasteiger partial charge is 0.256 e. The standard InChI is InChI=1S/C24H28N4O3/c1-15-6-2-3-7-17(15)24(31)28-12-5-4-8-20(28)21-25-19-11-13-27(23(30)16-9-10-16)14-18(19)22(29)26-21/h2-3,6-7,16,20H,4-5,8-14H2,1H3,(H,25,26,29)/t20-/m0/s1. The van der Waals surface area contributed by atoms with Gasteiger partial charge in [-0.3, -0.25) is 14.4 Å². The highest BCUT2D eigenvalue weighted by Crippen LogP contribution is 2.33. The van der Waals surface area contributed by atoms with Gasteiger partial charge in [-0.15, -0.1) is 0 Å². The number of benzene rings is 1. The zero-order chi connectivity index (χ0) is 21.5. The minimum atomic E-state index is -0.231. The Balaban J connectivity index is 1.43. The number of fused-ring (bicyclic) bond motifs is 1. The van der Waals surface area contributed by atoms with E-state index in [9.17, 15) is 14.4 Å². The third-order valence-corrected chi connectivity index (χ3v) is 6.78. The summed E-state index contributed by atoms with van der Waals surface area (Å²) in [6.45, 7) is 3.54. The van der Waals surface area contributed by atoms with E-state index in [1.54, 1.807) is 4.90 Å². The number of hydrogen-bond donors (Lipinski definition) is 1. The van der Waals surface area contributed by atoms with Gasteiger partial charge in [-0.2, -0.15) is 0 Å². The molecule has 0 unspecified atom stereocenters. The number of aromatic nitrogens is 2. The van der Waals surface area contributed by atoms with Gasteiger partial charge in [0.1, 0.15) is 5.82 Å². The van der Waals surface area contributed by atoms with Crippen molar-refractivity contribution in [3.63, 3.8) is 0 Å². The zero-order valence-corrected chi connectivity index (χ0v) is 17.9. The predicted octanol–water partition coefficient (Wildman–Crippen LogP) is 2.74. The summed E-state index contributed by atoms with van der Waals surface area (Å²) in [5, 5.41) is 0. The van der Waals surface area contributed by atoms with Crippen molar-refractivity contribution in [1.82, 2.24) is 19.8 Å². The van der Waals surface area contributed by atoms with Crippen molar-refractivity contribution in [1.29, 1.82) is 0 Å². The number of nitrogens with zero attached hydrogens (tertiary/aromatic N) is 3. The van der Waals surface area contributed by atoms with Gasteiger partial charge in [-0.1, -0.05) is 18.2 Å². The van der Waals surface area contributed by atoms with Gasteiger partial charge in [0.05, 0.1) is 23.8 Å². The predicted molar refractivity (Wildman–Crippen MR) is 116 cm³/mol. The van der Waals surface area contributed by atoms with E-state index in [2.05, 4.69) is 4.98 Å². The fourth-order valence-corrected chi connectivity index (χ4v) is 4.81. The molecule has 0 radical (unpaired) electrons. The van der Waals surface area contributed by atoms with Gasteiger partial charge in [0.25, 0.3) is 11.5 Å². The normalized spacial score (nSPS) is 21.0. The Morgan fingerprint density at radius 2 is 1.90 bits per heavy atom. The number of hydrogen-bond acceptors (Lipinski definition) is 4. The lowest BCUT2D eigenvalue weighted by molar-refractivity contribution is -0.133. The first-order valence-electron chi connectivity index (χ1n) is 11.3. The summed E-state index contributed by atoms with van der Waals surface area (Å²) in [6, 6.07) is 7.38. The van der Waals surface area contributed by atoms with Crippen LogP contribution in [0, 0.1) is 12.8 Å². The molecule has 1 aromatic carbocycles. The van der Waals surface area contributed by atoms with Crippen molar-refractivity contribution in [2.75, 3.05) is 13.1 Å². The fourth-order valence-electron chi connectivity index (χ4n) is 4.81. The number of likely N-dealkylation sites (tertiary alicyclic amines) is 1. The van der Waals surface area contributed by atoms with Crippen LogP contribution in [-0.2, 0) is 17.8 Å². The third kappa shape index (κ3) is 3.77. The first kappa shape index (κ1) is 20.0. The molecule has 0 bridgehead atoms. The molecule has 162 valence electrons. The maximum absolute atomic E-state index is 13.3. The first-order valence-corrected chi connectivity index (χ1v) is 11.3. The van der Waals surface area contributed by atoms with Gasteiger partial charge in [0, 0.05) is 31.0 Å². The summed E-state index contributed by atoms with van der Waals surface area (Å²) >= 11 is 0. The molecule has 7 heteroatoms. The highest BCUT2D eigenvalue weighted by Gasteiger charge is 2.36. The minimum Gasteiger partial charge on any atom is -0.337 e. The summed E-state index contributed by atoms with van der Waals surface area (Å²) in [4.78, 5) is 50.1. The van der Waals surface area contributed by atoms with Crippen molar-refractivity contribution < 1.29 is 9.59 Å². The SMILES string of the molecule is Cc1ccccc1C(=O)N1CCCC[C@H]1c1nc2c(c(=O)[nH]1)CN(C(=O)C1CC1)CC2. The maximum Gasteiger partial charge on any atom is 0.256 e. The summed E-state index contributed by atoms with van der Waals surface area (Å²) in [5.41, 5.74) is 2.83. The topological polar surface area (TPSA) is 86.4 Å². The zero-order valence-electron chi connectivity index (χ0n) is 17.9. The molecule has 2 aromatic rings. The number of carbonyl (C=O) groups excluding carboxylic acids is 2. The number of aryl methyl sites for hydroxylation is 1. The third-order valence-electron chi connectivity index (χ3n) is 6.78. The van der Waals surface area contributed by atoms with E-state index in [-0.39, 0.29) is 29.3 Å². The van der Waals surface area contributed by atoms with Crippen molar-refractivity contribution in [2.24, 2.45) is 5.92 Å². The Labute approximate surface area is 181 Å². The number of aromatic amines is 1. The number of carbonyl (C=O) groups is 2. The number of amides is 2. The average molecular weight is 421 g/mol. The highest BCUT2D eigenvalue weighted by molar-refractivity contribution is 5.95. The van der Waals surface area contributed by atoms with Gasteiger partial charge >= 0.3 is 0 Å². The molecule has 7 nitrogen and oxygen atoms in total. The molecule has 1 saturated carbocycles. The van der Waals surface area contributed by atoms with Crippen LogP contribution in [0.3, 0.4) is 0 Å². The quantitative estimate of drug-likeness (QED) is 0.827. The monoisotopic (exact) mass is 420 g/mol. The number of rotatable bonds is 3. The van der Waals surface area contributed by atoms with Crippen LogP contribution in [0.2, 0.25) is 0 Å². The molecule has 3 heterocycles. The summed E-state index contributed by atoms with van der Waals surface area (Å²) in [7, 11) is 0. The van der Waals surface area contributed by atoms with Gasteiger partial charge in [0.15, 0.2) is 0 Å². The lowest BCUT2D eigenvalue weighted by atomic mass is 9.98. The number of piperidine rings is 1. The van der Waals surface area contributed by atoms with Crippen LogP contribution in [0.5, 0.6) is 0 Å².